The van der Waals surface area contributed by atoms with Crippen LogP contribution in [0.3, 0.4) is 0 Å². The van der Waals surface area contributed by atoms with Crippen LogP contribution in [0.2, 0.25) is 0 Å². The van der Waals surface area contributed by atoms with Crippen molar-refractivity contribution in [2.24, 2.45) is 23.7 Å². The van der Waals surface area contributed by atoms with Gasteiger partial charge in [0.15, 0.2) is 21.8 Å². The number of benzene rings is 1. The van der Waals surface area contributed by atoms with Gasteiger partial charge in [0.05, 0.1) is 17.3 Å². The first-order chi connectivity index (χ1) is 27.0. The SMILES string of the molecule is CC1CC2CC(C)C(NC(=O)c3cnc(-c4cn(C5CCC(F)(F)CC5)c5cc(OC6CCN(c7ncc(F)s7)CC6)ccc45)nc3C(F)(F)F)(C(=O)O)C(C1)C2. The monoisotopic (exact) mass is 818 g/mol. The van der Waals surface area contributed by atoms with Crippen molar-refractivity contribution in [3.05, 3.63) is 53.2 Å². The van der Waals surface area contributed by atoms with Gasteiger partial charge >= 0.3 is 12.1 Å². The number of halogens is 6. The van der Waals surface area contributed by atoms with E-state index in [9.17, 15) is 41.0 Å². The summed E-state index contributed by atoms with van der Waals surface area (Å²) in [5, 5.41) is 13.8. The van der Waals surface area contributed by atoms with Gasteiger partial charge in [0.25, 0.3) is 5.91 Å². The molecule has 2 N–H and O–H groups in total. The maximum absolute atomic E-state index is 14.8. The lowest BCUT2D eigenvalue weighted by Crippen LogP contribution is -2.66. The van der Waals surface area contributed by atoms with Crippen LogP contribution in [0, 0.1) is 28.8 Å². The minimum atomic E-state index is -5.11. The molecular formula is C40H44F6N6O4S. The third kappa shape index (κ3) is 7.55. The molecule has 306 valence electrons. The van der Waals surface area contributed by atoms with Crippen molar-refractivity contribution in [2.75, 3.05) is 18.0 Å². The Morgan fingerprint density at radius 1 is 1.00 bits per heavy atom. The second-order valence-electron chi connectivity index (χ2n) is 16.6. The van der Waals surface area contributed by atoms with Gasteiger partial charge in [-0.1, -0.05) is 25.2 Å². The van der Waals surface area contributed by atoms with Crippen LogP contribution in [-0.4, -0.2) is 67.2 Å². The molecule has 4 aliphatic rings. The van der Waals surface area contributed by atoms with E-state index >= 15 is 0 Å². The highest BCUT2D eigenvalue weighted by Crippen LogP contribution is 2.51. The smallest absolute Gasteiger partial charge is 0.434 e. The predicted molar refractivity (Wildman–Crippen MR) is 200 cm³/mol. The van der Waals surface area contributed by atoms with Gasteiger partial charge in [-0.2, -0.15) is 17.6 Å². The highest BCUT2D eigenvalue weighted by Gasteiger charge is 2.57. The number of hydrogen-bond donors (Lipinski definition) is 2. The van der Waals surface area contributed by atoms with Gasteiger partial charge in [0.2, 0.25) is 5.92 Å². The van der Waals surface area contributed by atoms with E-state index in [4.69, 9.17) is 4.74 Å². The lowest BCUT2D eigenvalue weighted by molar-refractivity contribution is -0.155. The topological polar surface area (TPSA) is 122 Å². The number of anilines is 1. The number of carbonyl (C=O) groups excluding carboxylic acids is 1. The molecule has 3 saturated carbocycles. The van der Waals surface area contributed by atoms with E-state index in [2.05, 4.69) is 20.3 Å². The number of rotatable bonds is 8. The molecule has 1 saturated heterocycles. The fourth-order valence-electron chi connectivity index (χ4n) is 10.0. The molecule has 0 spiro atoms. The van der Waals surface area contributed by atoms with Gasteiger partial charge < -0.3 is 24.6 Å². The van der Waals surface area contributed by atoms with E-state index in [1.54, 1.807) is 35.9 Å². The fourth-order valence-corrected chi connectivity index (χ4v) is 10.7. The highest BCUT2D eigenvalue weighted by atomic mass is 32.1. The van der Waals surface area contributed by atoms with Crippen molar-refractivity contribution in [1.29, 1.82) is 0 Å². The number of nitrogens with zero attached hydrogens (tertiary/aromatic N) is 5. The fraction of sp³-hybridized carbons (Fsp3) is 0.575. The average Bonchev–Trinajstić information content (AvgIpc) is 3.76. The van der Waals surface area contributed by atoms with Crippen LogP contribution in [0.25, 0.3) is 22.3 Å². The summed E-state index contributed by atoms with van der Waals surface area (Å²) in [7, 11) is 0. The van der Waals surface area contributed by atoms with E-state index < -0.39 is 58.6 Å². The number of hydrogen-bond acceptors (Lipinski definition) is 8. The normalized spacial score (nSPS) is 27.1. The number of nitrogens with one attached hydrogen (secondary N) is 1. The summed E-state index contributed by atoms with van der Waals surface area (Å²) < 4.78 is 94.8. The van der Waals surface area contributed by atoms with Crippen LogP contribution in [0.15, 0.2) is 36.8 Å². The second kappa shape index (κ2) is 14.8. The molecule has 4 fully saturated rings. The van der Waals surface area contributed by atoms with Crippen LogP contribution in [0.4, 0.5) is 31.5 Å². The Morgan fingerprint density at radius 2 is 1.74 bits per heavy atom. The third-order valence-electron chi connectivity index (χ3n) is 12.7. The molecule has 8 rings (SSSR count). The summed E-state index contributed by atoms with van der Waals surface area (Å²) in [5.74, 6) is -5.63. The number of thiazole rings is 1. The first kappa shape index (κ1) is 39.4. The summed E-state index contributed by atoms with van der Waals surface area (Å²) in [4.78, 5) is 41.1. The molecule has 10 nitrogen and oxygen atoms in total. The molecule has 5 unspecified atom stereocenters. The predicted octanol–water partition coefficient (Wildman–Crippen LogP) is 9.16. The van der Waals surface area contributed by atoms with Crippen molar-refractivity contribution >= 4 is 39.2 Å². The number of aliphatic carboxylic acids is 1. The third-order valence-corrected chi connectivity index (χ3v) is 13.6. The van der Waals surface area contributed by atoms with Crippen molar-refractivity contribution in [3.63, 3.8) is 0 Å². The number of piperidine rings is 1. The summed E-state index contributed by atoms with van der Waals surface area (Å²) >= 11 is 0.975. The Hall–Kier alpha value is -4.41. The number of amides is 1. The molecule has 3 aromatic heterocycles. The Bertz CT molecular complexity index is 2150. The summed E-state index contributed by atoms with van der Waals surface area (Å²) in [6, 6.07) is 4.72. The number of carboxylic acids is 1. The molecule has 4 heterocycles. The van der Waals surface area contributed by atoms with E-state index in [0.29, 0.717) is 67.0 Å². The Kier molecular flexibility index (Phi) is 10.2. The molecule has 3 aliphatic carbocycles. The van der Waals surface area contributed by atoms with Gasteiger partial charge in [-0.05, 0) is 74.3 Å². The molecule has 17 heteroatoms. The van der Waals surface area contributed by atoms with Gasteiger partial charge in [0, 0.05) is 74.2 Å². The highest BCUT2D eigenvalue weighted by molar-refractivity contribution is 7.14. The van der Waals surface area contributed by atoms with Crippen LogP contribution >= 0.6 is 11.3 Å². The molecule has 2 bridgehead atoms. The standard InChI is InChI=1S/C40H44F6N6O4S/c1-21-13-23-15-22(2)39(36(54)55,24(14-21)16-23)50-35(53)29-18-47-34(49-33(29)40(44,45)46)30-20-52(25-5-9-38(42,43)10-6-25)31-17-27(3-4-28(30)31)56-26-7-11-51(12-8-26)37-48-19-32(41)57-37/h3-4,17-26H,5-16H2,1-2H3,(H,50,53)(H,54,55). The summed E-state index contributed by atoms with van der Waals surface area (Å²) in [6.45, 7) is 4.94. The molecule has 57 heavy (non-hydrogen) atoms. The number of fused-ring (bicyclic) bond motifs is 3. The average molecular weight is 819 g/mol. The summed E-state index contributed by atoms with van der Waals surface area (Å²) in [5.41, 5.74) is -3.40. The van der Waals surface area contributed by atoms with Gasteiger partial charge in [-0.25, -0.2) is 28.5 Å². The van der Waals surface area contributed by atoms with E-state index in [0.717, 1.165) is 24.0 Å². The van der Waals surface area contributed by atoms with Crippen LogP contribution in [-0.2, 0) is 11.0 Å². The van der Waals surface area contributed by atoms with E-state index in [-0.39, 0.29) is 60.1 Å². The minimum absolute atomic E-state index is 0.134. The lowest BCUT2D eigenvalue weighted by Gasteiger charge is -2.52. The first-order valence-electron chi connectivity index (χ1n) is 19.6. The number of carbonyl (C=O) groups is 2. The van der Waals surface area contributed by atoms with Crippen molar-refractivity contribution in [1.82, 2.24) is 24.8 Å². The number of ether oxygens (including phenoxy) is 1. The quantitative estimate of drug-likeness (QED) is 0.169. The maximum Gasteiger partial charge on any atom is 0.434 e. The molecule has 4 aromatic rings. The maximum atomic E-state index is 14.8. The molecular weight excluding hydrogens is 775 g/mol. The van der Waals surface area contributed by atoms with Gasteiger partial charge in [-0.3, -0.25) is 4.79 Å². The zero-order valence-electron chi connectivity index (χ0n) is 31.5. The zero-order valence-corrected chi connectivity index (χ0v) is 32.3. The van der Waals surface area contributed by atoms with E-state index in [1.807, 2.05) is 11.8 Å². The largest absolute Gasteiger partial charge is 0.490 e. The van der Waals surface area contributed by atoms with Gasteiger partial charge in [0.1, 0.15) is 17.4 Å². The Balaban J connectivity index is 1.11. The van der Waals surface area contributed by atoms with Crippen molar-refractivity contribution in [2.45, 2.75) is 108 Å². The van der Waals surface area contributed by atoms with Crippen LogP contribution in [0.5, 0.6) is 5.75 Å². The Morgan fingerprint density at radius 3 is 2.40 bits per heavy atom. The molecule has 0 radical (unpaired) electrons. The van der Waals surface area contributed by atoms with Crippen LogP contribution in [0.1, 0.15) is 100 Å². The Labute approximate surface area is 329 Å². The van der Waals surface area contributed by atoms with Crippen molar-refractivity contribution in [3.8, 4) is 17.1 Å². The molecule has 1 amide bonds. The van der Waals surface area contributed by atoms with Crippen LogP contribution < -0.4 is 15.0 Å². The lowest BCUT2D eigenvalue weighted by atomic mass is 9.56. The molecule has 1 aliphatic heterocycles. The minimum Gasteiger partial charge on any atom is -0.490 e. The molecule has 5 atom stereocenters. The molecule has 1 aromatic carbocycles. The first-order valence-corrected chi connectivity index (χ1v) is 20.4. The van der Waals surface area contributed by atoms with Gasteiger partial charge in [-0.15, -0.1) is 0 Å². The zero-order chi connectivity index (χ0) is 40.4. The number of alkyl halides is 5. The number of aromatic nitrogens is 4. The number of carboxylic acid groups (broad SMARTS) is 1. The van der Waals surface area contributed by atoms with Crippen molar-refractivity contribution < 1.29 is 45.8 Å². The van der Waals surface area contributed by atoms with E-state index in [1.165, 1.54) is 6.20 Å². The second-order valence-corrected chi connectivity index (χ2v) is 17.5. The summed E-state index contributed by atoms with van der Waals surface area (Å²) in [6.07, 6.45) is 1.65.